The number of hydrogen-bond acceptors (Lipinski definition) is 5. The number of anilines is 1. The van der Waals surface area contributed by atoms with Crippen LogP contribution in [0.5, 0.6) is 11.5 Å². The molecule has 0 saturated carbocycles. The molecule has 0 aliphatic heterocycles. The maximum atomic E-state index is 12.3. The SMILES string of the molecule is COc1ccc(OC)c(NC(=O)/C(C#N)=C\NCCc2ccccc2)c1. The Kier molecular flexibility index (Phi) is 7.07. The van der Waals surface area contributed by atoms with Gasteiger partial charge in [-0.05, 0) is 24.1 Å². The van der Waals surface area contributed by atoms with Gasteiger partial charge in [0.25, 0.3) is 5.91 Å². The monoisotopic (exact) mass is 351 g/mol. The number of methoxy groups -OCH3 is 2. The van der Waals surface area contributed by atoms with Crippen LogP contribution in [0.2, 0.25) is 0 Å². The summed E-state index contributed by atoms with van der Waals surface area (Å²) in [6.45, 7) is 0.616. The van der Waals surface area contributed by atoms with Gasteiger partial charge in [-0.15, -0.1) is 0 Å². The van der Waals surface area contributed by atoms with Crippen LogP contribution >= 0.6 is 0 Å². The molecule has 0 atom stereocenters. The average Bonchev–Trinajstić information content (AvgIpc) is 2.68. The lowest BCUT2D eigenvalue weighted by molar-refractivity contribution is -0.112. The van der Waals surface area contributed by atoms with E-state index < -0.39 is 5.91 Å². The molecule has 0 fully saturated rings. The maximum absolute atomic E-state index is 12.3. The van der Waals surface area contributed by atoms with Crippen LogP contribution in [0.1, 0.15) is 5.56 Å². The summed E-state index contributed by atoms with van der Waals surface area (Å²) in [7, 11) is 3.04. The summed E-state index contributed by atoms with van der Waals surface area (Å²) in [4.78, 5) is 12.3. The first-order valence-corrected chi connectivity index (χ1v) is 8.09. The van der Waals surface area contributed by atoms with Gasteiger partial charge in [-0.2, -0.15) is 5.26 Å². The molecule has 6 heteroatoms. The minimum absolute atomic E-state index is 0.0251. The molecule has 2 aromatic carbocycles. The van der Waals surface area contributed by atoms with Gasteiger partial charge in [0.15, 0.2) is 0 Å². The van der Waals surface area contributed by atoms with Crippen molar-refractivity contribution in [3.05, 3.63) is 65.9 Å². The summed E-state index contributed by atoms with van der Waals surface area (Å²) >= 11 is 0. The van der Waals surface area contributed by atoms with Crippen molar-refractivity contribution in [3.63, 3.8) is 0 Å². The third kappa shape index (κ3) is 5.28. The molecule has 0 unspecified atom stereocenters. The number of nitrogens with one attached hydrogen (secondary N) is 2. The van der Waals surface area contributed by atoms with Gasteiger partial charge >= 0.3 is 0 Å². The number of benzene rings is 2. The van der Waals surface area contributed by atoms with Gasteiger partial charge in [-0.1, -0.05) is 30.3 Å². The molecule has 134 valence electrons. The van der Waals surface area contributed by atoms with Crippen molar-refractivity contribution < 1.29 is 14.3 Å². The van der Waals surface area contributed by atoms with Gasteiger partial charge in [0.2, 0.25) is 0 Å². The lowest BCUT2D eigenvalue weighted by Gasteiger charge is -2.11. The zero-order chi connectivity index (χ0) is 18.8. The molecular formula is C20H21N3O3. The summed E-state index contributed by atoms with van der Waals surface area (Å²) in [5.41, 5.74) is 1.59. The van der Waals surface area contributed by atoms with Gasteiger partial charge in [0, 0.05) is 18.8 Å². The molecule has 26 heavy (non-hydrogen) atoms. The average molecular weight is 351 g/mol. The predicted molar refractivity (Wildman–Crippen MR) is 100 cm³/mol. The van der Waals surface area contributed by atoms with E-state index in [0.29, 0.717) is 23.7 Å². The Morgan fingerprint density at radius 3 is 2.58 bits per heavy atom. The zero-order valence-electron chi connectivity index (χ0n) is 14.8. The molecule has 2 N–H and O–H groups in total. The Balaban J connectivity index is 1.99. The highest BCUT2D eigenvalue weighted by atomic mass is 16.5. The Bertz CT molecular complexity index is 811. The number of carbonyl (C=O) groups excluding carboxylic acids is 1. The van der Waals surface area contributed by atoms with Crippen molar-refractivity contribution in [2.45, 2.75) is 6.42 Å². The Morgan fingerprint density at radius 1 is 1.15 bits per heavy atom. The number of nitriles is 1. The van der Waals surface area contributed by atoms with Gasteiger partial charge < -0.3 is 20.1 Å². The van der Waals surface area contributed by atoms with E-state index in [1.54, 1.807) is 18.2 Å². The molecule has 2 aromatic rings. The van der Waals surface area contributed by atoms with E-state index in [4.69, 9.17) is 9.47 Å². The van der Waals surface area contributed by atoms with Crippen LogP contribution in [0.25, 0.3) is 0 Å². The minimum atomic E-state index is -0.522. The molecule has 2 rings (SSSR count). The minimum Gasteiger partial charge on any atom is -0.497 e. The Morgan fingerprint density at radius 2 is 1.92 bits per heavy atom. The Hall–Kier alpha value is -3.46. The number of rotatable bonds is 8. The highest BCUT2D eigenvalue weighted by Gasteiger charge is 2.13. The van der Waals surface area contributed by atoms with E-state index in [9.17, 15) is 10.1 Å². The lowest BCUT2D eigenvalue weighted by atomic mass is 10.1. The number of amides is 1. The molecule has 0 heterocycles. The van der Waals surface area contributed by atoms with Crippen LogP contribution in [0, 0.1) is 11.3 Å². The fourth-order valence-electron chi connectivity index (χ4n) is 2.29. The smallest absolute Gasteiger partial charge is 0.267 e. The summed E-state index contributed by atoms with van der Waals surface area (Å²) in [5, 5.41) is 14.9. The molecule has 0 spiro atoms. The second-order valence-electron chi connectivity index (χ2n) is 5.38. The van der Waals surface area contributed by atoms with Gasteiger partial charge in [0.05, 0.1) is 19.9 Å². The topological polar surface area (TPSA) is 83.4 Å². The van der Waals surface area contributed by atoms with Crippen LogP contribution in [0.15, 0.2) is 60.3 Å². The van der Waals surface area contributed by atoms with Crippen LogP contribution in [0.3, 0.4) is 0 Å². The van der Waals surface area contributed by atoms with Crippen LogP contribution in [-0.4, -0.2) is 26.7 Å². The van der Waals surface area contributed by atoms with Crippen LogP contribution in [-0.2, 0) is 11.2 Å². The van der Waals surface area contributed by atoms with Crippen molar-refractivity contribution in [3.8, 4) is 17.6 Å². The van der Waals surface area contributed by atoms with Crippen molar-refractivity contribution in [1.82, 2.24) is 5.32 Å². The molecule has 0 radical (unpaired) electrons. The second-order valence-corrected chi connectivity index (χ2v) is 5.38. The van der Waals surface area contributed by atoms with E-state index in [-0.39, 0.29) is 5.57 Å². The number of carbonyl (C=O) groups is 1. The van der Waals surface area contributed by atoms with E-state index >= 15 is 0 Å². The molecular weight excluding hydrogens is 330 g/mol. The molecule has 0 aliphatic rings. The van der Waals surface area contributed by atoms with Crippen LogP contribution < -0.4 is 20.1 Å². The normalized spacial score (nSPS) is 10.6. The Labute approximate surface area is 153 Å². The molecule has 1 amide bonds. The van der Waals surface area contributed by atoms with Crippen molar-refractivity contribution in [1.29, 1.82) is 5.26 Å². The molecule has 0 aliphatic carbocycles. The van der Waals surface area contributed by atoms with Gasteiger partial charge in [-0.3, -0.25) is 4.79 Å². The van der Waals surface area contributed by atoms with Gasteiger partial charge in [0.1, 0.15) is 23.1 Å². The third-order valence-corrected chi connectivity index (χ3v) is 3.67. The van der Waals surface area contributed by atoms with Crippen molar-refractivity contribution in [2.75, 3.05) is 26.1 Å². The summed E-state index contributed by atoms with van der Waals surface area (Å²) < 4.78 is 10.4. The van der Waals surface area contributed by atoms with E-state index in [1.807, 2.05) is 36.4 Å². The number of hydrogen-bond donors (Lipinski definition) is 2. The highest BCUT2D eigenvalue weighted by Crippen LogP contribution is 2.29. The quantitative estimate of drug-likeness (QED) is 0.434. The van der Waals surface area contributed by atoms with E-state index in [0.717, 1.165) is 6.42 Å². The zero-order valence-corrected chi connectivity index (χ0v) is 14.8. The standard InChI is InChI=1S/C20H21N3O3/c1-25-17-8-9-19(26-2)18(12-17)23-20(24)16(13-21)14-22-11-10-15-6-4-3-5-7-15/h3-9,12,14,22H,10-11H2,1-2H3,(H,23,24)/b16-14-. The first-order chi connectivity index (χ1) is 12.7. The lowest BCUT2D eigenvalue weighted by Crippen LogP contribution is -2.18. The highest BCUT2D eigenvalue weighted by molar-refractivity contribution is 6.07. The molecule has 0 saturated heterocycles. The first-order valence-electron chi connectivity index (χ1n) is 8.09. The number of nitrogens with zero attached hydrogens (tertiary/aromatic N) is 1. The van der Waals surface area contributed by atoms with E-state index in [2.05, 4.69) is 10.6 Å². The molecule has 6 nitrogen and oxygen atoms in total. The summed E-state index contributed by atoms with van der Waals surface area (Å²) in [6.07, 6.45) is 2.21. The fraction of sp³-hybridized carbons (Fsp3) is 0.200. The van der Waals surface area contributed by atoms with E-state index in [1.165, 1.54) is 26.0 Å². The molecule has 0 bridgehead atoms. The second kappa shape index (κ2) is 9.74. The predicted octanol–water partition coefficient (Wildman–Crippen LogP) is 2.88. The fourth-order valence-corrected chi connectivity index (χ4v) is 2.29. The van der Waals surface area contributed by atoms with Crippen LogP contribution in [0.4, 0.5) is 5.69 Å². The maximum Gasteiger partial charge on any atom is 0.267 e. The molecule has 0 aromatic heterocycles. The van der Waals surface area contributed by atoms with Crippen molar-refractivity contribution in [2.24, 2.45) is 0 Å². The summed E-state index contributed by atoms with van der Waals surface area (Å²) in [6, 6.07) is 16.9. The first kappa shape index (κ1) is 18.9. The number of ether oxygens (including phenoxy) is 2. The van der Waals surface area contributed by atoms with Gasteiger partial charge in [-0.25, -0.2) is 0 Å². The summed E-state index contributed by atoms with van der Waals surface area (Å²) in [5.74, 6) is 0.532. The van der Waals surface area contributed by atoms with Crippen molar-refractivity contribution >= 4 is 11.6 Å². The largest absolute Gasteiger partial charge is 0.497 e. The third-order valence-electron chi connectivity index (χ3n) is 3.67.